The Balaban J connectivity index is 2.43. The highest BCUT2D eigenvalue weighted by molar-refractivity contribution is 5.88. The number of para-hydroxylation sites is 1. The van der Waals surface area contributed by atoms with Crippen molar-refractivity contribution >= 4 is 11.8 Å². The number of amides is 1. The molecule has 1 aliphatic heterocycles. The summed E-state index contributed by atoms with van der Waals surface area (Å²) in [6.07, 6.45) is -0.325. The van der Waals surface area contributed by atoms with Gasteiger partial charge in [-0.25, -0.2) is 4.79 Å². The number of hydrogen-bond acceptors (Lipinski definition) is 3. The van der Waals surface area contributed by atoms with E-state index in [2.05, 4.69) is 0 Å². The zero-order valence-corrected chi connectivity index (χ0v) is 10.8. The number of anilines is 1. The van der Waals surface area contributed by atoms with Crippen LogP contribution in [0.4, 0.5) is 10.5 Å². The van der Waals surface area contributed by atoms with Crippen LogP contribution in [0, 0.1) is 0 Å². The van der Waals surface area contributed by atoms with Gasteiger partial charge in [-0.2, -0.15) is 0 Å². The average molecular weight is 251 g/mol. The molecule has 1 amide bonds. The summed E-state index contributed by atoms with van der Waals surface area (Å²) in [5.74, 6) is -0.0966. The first-order valence-electron chi connectivity index (χ1n) is 5.88. The molecular weight excluding hydrogens is 234 g/mol. The van der Waals surface area contributed by atoms with Crippen molar-refractivity contribution in [2.24, 2.45) is 0 Å². The first-order chi connectivity index (χ1) is 8.47. The van der Waals surface area contributed by atoms with E-state index in [1.165, 1.54) is 7.05 Å². The molecule has 0 radical (unpaired) electrons. The molecule has 18 heavy (non-hydrogen) atoms. The number of rotatable bonds is 2. The lowest BCUT2D eigenvalue weighted by Gasteiger charge is -2.36. The summed E-state index contributed by atoms with van der Waals surface area (Å²) in [7, 11) is 1.50. The summed E-state index contributed by atoms with van der Waals surface area (Å²) < 4.78 is 11.5. The standard InChI is InChI=1S/C13H17NO4/c1-4-13(2)17-8-9-6-5-7-10(11(9)18-13)14(3)12(15)16/h5-7H,4,8H2,1-3H3,(H,15,16). The molecule has 1 atom stereocenters. The fourth-order valence-corrected chi connectivity index (χ4v) is 1.82. The van der Waals surface area contributed by atoms with E-state index in [9.17, 15) is 4.79 Å². The summed E-state index contributed by atoms with van der Waals surface area (Å²) in [6, 6.07) is 5.41. The SMILES string of the molecule is CCC1(C)OCc2cccc(N(C)C(=O)O)c2O1. The molecule has 1 aromatic carbocycles. The Morgan fingerprint density at radius 1 is 1.56 bits per heavy atom. The van der Waals surface area contributed by atoms with Crippen molar-refractivity contribution in [1.82, 2.24) is 0 Å². The van der Waals surface area contributed by atoms with Gasteiger partial charge in [0.15, 0.2) is 5.75 Å². The number of fused-ring (bicyclic) bond motifs is 1. The van der Waals surface area contributed by atoms with Gasteiger partial charge < -0.3 is 14.6 Å². The fraction of sp³-hybridized carbons (Fsp3) is 0.462. The number of ether oxygens (including phenoxy) is 2. The number of carboxylic acid groups (broad SMARTS) is 1. The van der Waals surface area contributed by atoms with Crippen LogP contribution < -0.4 is 9.64 Å². The lowest BCUT2D eigenvalue weighted by Crippen LogP contribution is -2.39. The molecule has 1 heterocycles. The highest BCUT2D eigenvalue weighted by atomic mass is 16.7. The molecule has 0 saturated heterocycles. The first kappa shape index (κ1) is 12.7. The van der Waals surface area contributed by atoms with Gasteiger partial charge in [-0.05, 0) is 6.07 Å². The predicted molar refractivity (Wildman–Crippen MR) is 67.0 cm³/mol. The van der Waals surface area contributed by atoms with Crippen LogP contribution in [-0.2, 0) is 11.3 Å². The van der Waals surface area contributed by atoms with Gasteiger partial charge >= 0.3 is 6.09 Å². The van der Waals surface area contributed by atoms with E-state index in [-0.39, 0.29) is 0 Å². The van der Waals surface area contributed by atoms with Crippen molar-refractivity contribution in [3.63, 3.8) is 0 Å². The summed E-state index contributed by atoms with van der Waals surface area (Å²) in [6.45, 7) is 4.25. The molecule has 0 spiro atoms. The predicted octanol–water partition coefficient (Wildman–Crippen LogP) is 2.84. The highest BCUT2D eigenvalue weighted by Gasteiger charge is 2.33. The smallest absolute Gasteiger partial charge is 0.411 e. The zero-order chi connectivity index (χ0) is 13.3. The Morgan fingerprint density at radius 3 is 2.89 bits per heavy atom. The maximum absolute atomic E-state index is 11.1. The number of hydrogen-bond donors (Lipinski definition) is 1. The van der Waals surface area contributed by atoms with E-state index < -0.39 is 11.9 Å². The van der Waals surface area contributed by atoms with Gasteiger partial charge in [-0.3, -0.25) is 4.90 Å². The molecule has 0 aromatic heterocycles. The van der Waals surface area contributed by atoms with E-state index >= 15 is 0 Å². The molecule has 1 unspecified atom stereocenters. The summed E-state index contributed by atoms with van der Waals surface area (Å²) in [5, 5.41) is 9.06. The minimum atomic E-state index is -1.02. The highest BCUT2D eigenvalue weighted by Crippen LogP contribution is 2.39. The Hall–Kier alpha value is -1.75. The lowest BCUT2D eigenvalue weighted by atomic mass is 10.1. The first-order valence-corrected chi connectivity index (χ1v) is 5.88. The third kappa shape index (κ3) is 2.13. The van der Waals surface area contributed by atoms with E-state index in [1.54, 1.807) is 12.1 Å². The van der Waals surface area contributed by atoms with Gasteiger partial charge in [0.2, 0.25) is 5.79 Å². The van der Waals surface area contributed by atoms with Gasteiger partial charge in [-0.1, -0.05) is 19.1 Å². The van der Waals surface area contributed by atoms with Gasteiger partial charge in [0.05, 0.1) is 12.3 Å². The van der Waals surface area contributed by atoms with Crippen LogP contribution in [0.1, 0.15) is 25.8 Å². The summed E-state index contributed by atoms with van der Waals surface area (Å²) >= 11 is 0. The minimum absolute atomic E-state index is 0.432. The minimum Gasteiger partial charge on any atom is -0.465 e. The van der Waals surface area contributed by atoms with Gasteiger partial charge in [0, 0.05) is 26.0 Å². The van der Waals surface area contributed by atoms with Gasteiger partial charge in [0.25, 0.3) is 0 Å². The van der Waals surface area contributed by atoms with Crippen LogP contribution in [0.25, 0.3) is 0 Å². The van der Waals surface area contributed by atoms with Gasteiger partial charge in [-0.15, -0.1) is 0 Å². The van der Waals surface area contributed by atoms with Crippen molar-refractivity contribution in [1.29, 1.82) is 0 Å². The van der Waals surface area contributed by atoms with Crippen LogP contribution in [0.3, 0.4) is 0 Å². The quantitative estimate of drug-likeness (QED) is 0.878. The Kier molecular flexibility index (Phi) is 3.17. The average Bonchev–Trinajstić information content (AvgIpc) is 2.37. The molecule has 2 rings (SSSR count). The van der Waals surface area contributed by atoms with Crippen LogP contribution >= 0.6 is 0 Å². The monoisotopic (exact) mass is 251 g/mol. The molecule has 0 bridgehead atoms. The van der Waals surface area contributed by atoms with Crippen molar-refractivity contribution in [3.05, 3.63) is 23.8 Å². The topological polar surface area (TPSA) is 59.0 Å². The second-order valence-corrected chi connectivity index (χ2v) is 4.49. The molecule has 1 N–H and O–H groups in total. The molecule has 5 nitrogen and oxygen atoms in total. The molecule has 1 aromatic rings. The molecule has 5 heteroatoms. The summed E-state index contributed by atoms with van der Waals surface area (Å²) in [4.78, 5) is 12.2. The van der Waals surface area contributed by atoms with E-state index in [0.29, 0.717) is 24.5 Å². The van der Waals surface area contributed by atoms with Crippen molar-refractivity contribution in [2.45, 2.75) is 32.7 Å². The third-order valence-electron chi connectivity index (χ3n) is 3.22. The van der Waals surface area contributed by atoms with E-state index in [1.807, 2.05) is 19.9 Å². The Morgan fingerprint density at radius 2 is 2.28 bits per heavy atom. The molecule has 98 valence electrons. The van der Waals surface area contributed by atoms with Crippen molar-refractivity contribution in [2.75, 3.05) is 11.9 Å². The zero-order valence-electron chi connectivity index (χ0n) is 10.8. The fourth-order valence-electron chi connectivity index (χ4n) is 1.82. The van der Waals surface area contributed by atoms with Crippen molar-refractivity contribution < 1.29 is 19.4 Å². The molecule has 1 aliphatic rings. The maximum atomic E-state index is 11.1. The Bertz CT molecular complexity index is 474. The van der Waals surface area contributed by atoms with Crippen molar-refractivity contribution in [3.8, 4) is 5.75 Å². The summed E-state index contributed by atoms with van der Waals surface area (Å²) in [5.41, 5.74) is 1.41. The molecule has 0 aliphatic carbocycles. The van der Waals surface area contributed by atoms with E-state index in [0.717, 1.165) is 10.5 Å². The second kappa shape index (κ2) is 4.49. The largest absolute Gasteiger partial charge is 0.465 e. The number of nitrogens with zero attached hydrogens (tertiary/aromatic N) is 1. The Labute approximate surface area is 106 Å². The molecule has 0 saturated carbocycles. The number of benzene rings is 1. The van der Waals surface area contributed by atoms with Gasteiger partial charge in [0.1, 0.15) is 0 Å². The number of carbonyl (C=O) groups is 1. The molecule has 0 fully saturated rings. The van der Waals surface area contributed by atoms with Crippen LogP contribution in [0.15, 0.2) is 18.2 Å². The van der Waals surface area contributed by atoms with E-state index in [4.69, 9.17) is 14.6 Å². The second-order valence-electron chi connectivity index (χ2n) is 4.49. The third-order valence-corrected chi connectivity index (χ3v) is 3.22. The normalized spacial score (nSPS) is 21.9. The maximum Gasteiger partial charge on any atom is 0.411 e. The van der Waals surface area contributed by atoms with Crippen LogP contribution in [-0.4, -0.2) is 24.0 Å². The van der Waals surface area contributed by atoms with Crippen LogP contribution in [0.2, 0.25) is 0 Å². The van der Waals surface area contributed by atoms with Crippen LogP contribution in [0.5, 0.6) is 5.75 Å². The lowest BCUT2D eigenvalue weighted by molar-refractivity contribution is -0.194. The molecular formula is C13H17NO4.